The second-order valence-corrected chi connectivity index (χ2v) is 9.54. The van der Waals surface area contributed by atoms with Crippen LogP contribution in [0, 0.1) is 0 Å². The molecule has 3 N–H and O–H groups in total. The highest BCUT2D eigenvalue weighted by Crippen LogP contribution is 2.31. The van der Waals surface area contributed by atoms with Crippen molar-refractivity contribution in [2.45, 2.75) is 50.1 Å². The lowest BCUT2D eigenvalue weighted by Crippen LogP contribution is -2.56. The summed E-state index contributed by atoms with van der Waals surface area (Å²) in [5, 5.41) is 3.36. The van der Waals surface area contributed by atoms with Crippen LogP contribution >= 0.6 is 12.2 Å². The summed E-state index contributed by atoms with van der Waals surface area (Å²) < 4.78 is 28.5. The van der Waals surface area contributed by atoms with Crippen molar-refractivity contribution in [3.8, 4) is 0 Å². The predicted molar refractivity (Wildman–Crippen MR) is 107 cm³/mol. The summed E-state index contributed by atoms with van der Waals surface area (Å²) >= 11 is 5.16. The number of carbonyl (C=O) groups excluding carboxylic acids is 1. The molecule has 0 saturated carbocycles. The maximum Gasteiger partial charge on any atom is 0.285 e. The molecule has 1 aromatic carbocycles. The van der Waals surface area contributed by atoms with Gasteiger partial charge < -0.3 is 10.2 Å². The van der Waals surface area contributed by atoms with Crippen LogP contribution in [0.1, 0.15) is 39.2 Å². The number of amidine groups is 1. The molecule has 2 aliphatic heterocycles. The zero-order valence-electron chi connectivity index (χ0n) is 15.4. The van der Waals surface area contributed by atoms with E-state index in [1.807, 2.05) is 20.8 Å². The number of carbonyl (C=O) groups is 1. The number of sulfonamides is 1. The first-order valence-corrected chi connectivity index (χ1v) is 10.5. The zero-order valence-corrected chi connectivity index (χ0v) is 17.1. The van der Waals surface area contributed by atoms with Gasteiger partial charge in [0.1, 0.15) is 10.9 Å². The summed E-state index contributed by atoms with van der Waals surface area (Å²) in [4.78, 5) is 14.6. The Morgan fingerprint density at radius 1 is 1.26 bits per heavy atom. The first-order valence-electron chi connectivity index (χ1n) is 8.67. The van der Waals surface area contributed by atoms with Crippen molar-refractivity contribution in [3.63, 3.8) is 0 Å². The van der Waals surface area contributed by atoms with Crippen LogP contribution in [0.3, 0.4) is 0 Å². The summed E-state index contributed by atoms with van der Waals surface area (Å²) in [6.45, 7) is 6.43. The van der Waals surface area contributed by atoms with Gasteiger partial charge in [-0.1, -0.05) is 12.1 Å². The highest BCUT2D eigenvalue weighted by Gasteiger charge is 2.39. The highest BCUT2D eigenvalue weighted by atomic mass is 32.2. The highest BCUT2D eigenvalue weighted by molar-refractivity contribution is 7.90. The first-order chi connectivity index (χ1) is 12.6. The summed E-state index contributed by atoms with van der Waals surface area (Å²) in [6, 6.07) is 6.15. The maximum absolute atomic E-state index is 12.6. The van der Waals surface area contributed by atoms with Crippen molar-refractivity contribution in [1.29, 1.82) is 0 Å². The fraction of sp³-hybridized carbons (Fsp3) is 0.471. The third kappa shape index (κ3) is 4.22. The minimum atomic E-state index is -3.72. The van der Waals surface area contributed by atoms with Gasteiger partial charge in [-0.3, -0.25) is 15.6 Å². The molecule has 1 saturated heterocycles. The molecule has 2 aliphatic rings. The molecule has 1 amide bonds. The molecule has 0 spiro atoms. The van der Waals surface area contributed by atoms with E-state index in [1.165, 1.54) is 6.07 Å². The summed E-state index contributed by atoms with van der Waals surface area (Å²) in [7, 11) is -3.72. The average Bonchev–Trinajstić information content (AvgIpc) is 3.14. The molecular formula is C17H23N5O3S2. The molecule has 3 rings (SSSR count). The van der Waals surface area contributed by atoms with E-state index in [1.54, 1.807) is 23.1 Å². The van der Waals surface area contributed by atoms with E-state index in [0.717, 1.165) is 6.42 Å². The van der Waals surface area contributed by atoms with Crippen LogP contribution < -0.4 is 16.2 Å². The minimum absolute atomic E-state index is 0.180. The number of nitrogens with zero attached hydrogens (tertiary/aromatic N) is 2. The molecule has 0 aromatic heterocycles. The zero-order chi connectivity index (χ0) is 19.8. The topological polar surface area (TPSA) is 103 Å². The van der Waals surface area contributed by atoms with Crippen LogP contribution in [-0.4, -0.2) is 48.3 Å². The van der Waals surface area contributed by atoms with Gasteiger partial charge in [-0.25, -0.2) is 0 Å². The number of thiocarbonyl (C=S) groups is 1. The standard InChI is InChI=1S/C17H23N5O3S2/c1-17(2,3)18-16(26)20-19-15(23)12-8-6-10-22(12)14-11-7-4-5-9-13(11)27(24,25)21-14/h4-5,7,9,12H,6,8,10H2,1-3H3,(H,19,23)(H2,18,20,26)/t12-/m0/s1. The fourth-order valence-corrected chi connectivity index (χ4v) is 4.74. The van der Waals surface area contributed by atoms with E-state index < -0.39 is 16.1 Å². The van der Waals surface area contributed by atoms with E-state index in [9.17, 15) is 13.2 Å². The SMILES string of the molecule is CC(C)(C)NC(=S)NNC(=O)[C@@H]1CCCN1C1=NS(=O)(=O)c2ccccc21. The number of hydrogen-bond acceptors (Lipinski definition) is 5. The number of rotatable bonds is 1. The van der Waals surface area contributed by atoms with Crippen molar-refractivity contribution in [2.75, 3.05) is 6.54 Å². The molecule has 0 bridgehead atoms. The summed E-state index contributed by atoms with van der Waals surface area (Å²) in [5.74, 6) is 0.0497. The Morgan fingerprint density at radius 2 is 1.96 bits per heavy atom. The van der Waals surface area contributed by atoms with E-state index in [2.05, 4.69) is 20.6 Å². The molecule has 0 unspecified atom stereocenters. The van der Waals surface area contributed by atoms with Crippen molar-refractivity contribution < 1.29 is 13.2 Å². The van der Waals surface area contributed by atoms with Gasteiger partial charge in [0.15, 0.2) is 10.9 Å². The minimum Gasteiger partial charge on any atom is -0.357 e. The molecule has 1 aromatic rings. The molecule has 10 heteroatoms. The number of nitrogens with one attached hydrogen (secondary N) is 3. The van der Waals surface area contributed by atoms with Crippen LogP contribution in [0.2, 0.25) is 0 Å². The Kier molecular flexibility index (Phi) is 5.13. The van der Waals surface area contributed by atoms with Crippen LogP contribution in [0.25, 0.3) is 0 Å². The van der Waals surface area contributed by atoms with Crippen molar-refractivity contribution >= 4 is 39.1 Å². The van der Waals surface area contributed by atoms with Gasteiger partial charge in [-0.05, 0) is 58.0 Å². The quantitative estimate of drug-likeness (QED) is 0.468. The normalized spacial score (nSPS) is 20.6. The van der Waals surface area contributed by atoms with Crippen LogP contribution in [0.15, 0.2) is 33.6 Å². The van der Waals surface area contributed by atoms with E-state index in [-0.39, 0.29) is 16.3 Å². The van der Waals surface area contributed by atoms with Gasteiger partial charge in [-0.15, -0.1) is 4.40 Å². The van der Waals surface area contributed by atoms with Gasteiger partial charge in [0, 0.05) is 17.6 Å². The van der Waals surface area contributed by atoms with Gasteiger partial charge in [0.25, 0.3) is 15.9 Å². The van der Waals surface area contributed by atoms with Crippen molar-refractivity contribution in [3.05, 3.63) is 29.8 Å². The number of hydrazine groups is 1. The van der Waals surface area contributed by atoms with Crippen LogP contribution in [0.4, 0.5) is 0 Å². The van der Waals surface area contributed by atoms with E-state index >= 15 is 0 Å². The molecule has 8 nitrogen and oxygen atoms in total. The molecule has 0 radical (unpaired) electrons. The largest absolute Gasteiger partial charge is 0.357 e. The Balaban J connectivity index is 1.73. The maximum atomic E-state index is 12.6. The lowest BCUT2D eigenvalue weighted by atomic mass is 10.1. The van der Waals surface area contributed by atoms with Gasteiger partial charge in [-0.2, -0.15) is 8.42 Å². The van der Waals surface area contributed by atoms with Crippen molar-refractivity contribution in [2.24, 2.45) is 4.40 Å². The lowest BCUT2D eigenvalue weighted by Gasteiger charge is -2.27. The third-order valence-electron chi connectivity index (χ3n) is 4.23. The number of likely N-dealkylation sites (tertiary alicyclic amines) is 1. The molecule has 1 fully saturated rings. The Hall–Kier alpha value is -2.20. The number of benzene rings is 1. The molecular weight excluding hydrogens is 386 g/mol. The number of hydrogen-bond donors (Lipinski definition) is 3. The fourth-order valence-electron chi connectivity index (χ4n) is 3.16. The third-order valence-corrected chi connectivity index (χ3v) is 5.76. The summed E-state index contributed by atoms with van der Waals surface area (Å²) in [5.41, 5.74) is 5.61. The van der Waals surface area contributed by atoms with Crippen LogP contribution in [-0.2, 0) is 14.8 Å². The molecule has 0 aliphatic carbocycles. The molecule has 27 heavy (non-hydrogen) atoms. The van der Waals surface area contributed by atoms with E-state index in [0.29, 0.717) is 29.5 Å². The first kappa shape index (κ1) is 19.6. The average molecular weight is 410 g/mol. The summed E-state index contributed by atoms with van der Waals surface area (Å²) in [6.07, 6.45) is 1.37. The van der Waals surface area contributed by atoms with Gasteiger partial charge >= 0.3 is 0 Å². The lowest BCUT2D eigenvalue weighted by molar-refractivity contribution is -0.124. The predicted octanol–water partition coefficient (Wildman–Crippen LogP) is 0.894. The van der Waals surface area contributed by atoms with Crippen LogP contribution in [0.5, 0.6) is 0 Å². The second-order valence-electron chi connectivity index (χ2n) is 7.56. The van der Waals surface area contributed by atoms with E-state index in [4.69, 9.17) is 12.2 Å². The Morgan fingerprint density at radius 3 is 2.67 bits per heavy atom. The monoisotopic (exact) mass is 409 g/mol. The van der Waals surface area contributed by atoms with Gasteiger partial charge in [0.2, 0.25) is 0 Å². The van der Waals surface area contributed by atoms with Crippen molar-refractivity contribution in [1.82, 2.24) is 21.1 Å². The Bertz CT molecular complexity index is 905. The number of fused-ring (bicyclic) bond motifs is 1. The molecule has 146 valence electrons. The number of amides is 1. The second kappa shape index (κ2) is 7.08. The van der Waals surface area contributed by atoms with Gasteiger partial charge in [0.05, 0.1) is 0 Å². The smallest absolute Gasteiger partial charge is 0.285 e. The Labute approximate surface area is 164 Å². The molecule has 1 atom stereocenters. The molecule has 2 heterocycles.